The number of ether oxygens (including phenoxy) is 5. The predicted molar refractivity (Wildman–Crippen MR) is 228 cm³/mol. The lowest BCUT2D eigenvalue weighted by molar-refractivity contribution is -0.258. The number of allylic oxidation sites excluding steroid dienone is 1. The van der Waals surface area contributed by atoms with Crippen LogP contribution in [0.2, 0.25) is 0 Å². The van der Waals surface area contributed by atoms with E-state index in [2.05, 4.69) is 25.3 Å². The molecular formula is C49H58N2O9. The van der Waals surface area contributed by atoms with Gasteiger partial charge in [0.05, 0.1) is 18.2 Å². The number of unbranched alkanes of at least 4 members (excludes halogenated alkanes) is 2. The van der Waals surface area contributed by atoms with Crippen molar-refractivity contribution in [3.05, 3.63) is 120 Å². The monoisotopic (exact) mass is 818 g/mol. The van der Waals surface area contributed by atoms with Gasteiger partial charge < -0.3 is 43.6 Å². The number of carbonyl (C=O) groups excluding carboxylic acids is 1. The molecule has 3 aliphatic carbocycles. The van der Waals surface area contributed by atoms with Gasteiger partial charge in [-0.3, -0.25) is 4.79 Å². The molecule has 2 N–H and O–H groups in total. The smallest absolute Gasteiger partial charge is 0.239 e. The van der Waals surface area contributed by atoms with Crippen LogP contribution in [0.5, 0.6) is 23.0 Å². The molecule has 2 heterocycles. The van der Waals surface area contributed by atoms with E-state index in [1.807, 2.05) is 65.6 Å². The molecule has 11 heteroatoms. The molecule has 2 fully saturated rings. The fraction of sp³-hybridized carbons (Fsp3) is 0.469. The lowest BCUT2D eigenvalue weighted by Crippen LogP contribution is -2.70. The molecule has 0 bridgehead atoms. The minimum Gasteiger partial charge on any atom is -0.490 e. The zero-order valence-electron chi connectivity index (χ0n) is 34.4. The largest absolute Gasteiger partial charge is 0.490 e. The summed E-state index contributed by atoms with van der Waals surface area (Å²) in [4.78, 5) is 23.1. The van der Waals surface area contributed by atoms with Crippen molar-refractivity contribution >= 4 is 11.6 Å². The SMILES string of the molecule is C=CCOc1ccc2c(c1)C1C(CCCCO)C(CCCCO)C=C3C(=NOCc4ccccc4)CC(N(Cc4ccc5c(c4)OCO5)C(=O)C4CC4)C(OCC=C)(O2)C31. The van der Waals surface area contributed by atoms with Gasteiger partial charge in [0.1, 0.15) is 30.8 Å². The average molecular weight is 819 g/mol. The third-order valence-electron chi connectivity index (χ3n) is 12.6. The van der Waals surface area contributed by atoms with Gasteiger partial charge in [-0.05, 0) is 97.4 Å². The number of hydrogen-bond acceptors (Lipinski definition) is 10. The van der Waals surface area contributed by atoms with Gasteiger partial charge in [-0.2, -0.15) is 0 Å². The Morgan fingerprint density at radius 1 is 0.883 bits per heavy atom. The van der Waals surface area contributed by atoms with E-state index in [1.54, 1.807) is 12.2 Å². The van der Waals surface area contributed by atoms with Crippen LogP contribution in [0.15, 0.2) is 109 Å². The van der Waals surface area contributed by atoms with E-state index in [0.717, 1.165) is 66.5 Å². The predicted octanol–water partition coefficient (Wildman–Crippen LogP) is 8.25. The molecule has 0 saturated heterocycles. The van der Waals surface area contributed by atoms with Crippen molar-refractivity contribution in [2.45, 2.75) is 88.7 Å². The molecule has 318 valence electrons. The number of rotatable bonds is 21. The summed E-state index contributed by atoms with van der Waals surface area (Å²) in [6.07, 6.45) is 12.6. The molecule has 3 aromatic rings. The first-order chi connectivity index (χ1) is 29.5. The molecule has 2 aliphatic heterocycles. The Labute approximate surface area is 353 Å². The van der Waals surface area contributed by atoms with Crippen LogP contribution < -0.4 is 18.9 Å². The average Bonchev–Trinajstić information content (AvgIpc) is 4.02. The van der Waals surface area contributed by atoms with Gasteiger partial charge in [-0.1, -0.05) is 79.2 Å². The summed E-state index contributed by atoms with van der Waals surface area (Å²) < 4.78 is 32.2. The normalized spacial score (nSPS) is 25.3. The van der Waals surface area contributed by atoms with Crippen LogP contribution in [-0.2, 0) is 27.5 Å². The van der Waals surface area contributed by atoms with Crippen LogP contribution in [0.25, 0.3) is 0 Å². The van der Waals surface area contributed by atoms with Crippen molar-refractivity contribution in [3.63, 3.8) is 0 Å². The molecular weight excluding hydrogens is 761 g/mol. The fourth-order valence-electron chi connectivity index (χ4n) is 9.79. The van der Waals surface area contributed by atoms with Crippen molar-refractivity contribution in [2.24, 2.45) is 28.8 Å². The number of oxime groups is 1. The molecule has 8 rings (SSSR count). The summed E-state index contributed by atoms with van der Waals surface area (Å²) in [5.41, 5.74) is 4.65. The van der Waals surface area contributed by atoms with E-state index in [9.17, 15) is 15.0 Å². The Morgan fingerprint density at radius 3 is 2.42 bits per heavy atom. The molecule has 2 saturated carbocycles. The quantitative estimate of drug-likeness (QED) is 0.0621. The van der Waals surface area contributed by atoms with Crippen LogP contribution in [-0.4, -0.2) is 71.8 Å². The van der Waals surface area contributed by atoms with Gasteiger partial charge in [0, 0.05) is 43.6 Å². The minimum absolute atomic E-state index is 0.0486. The van der Waals surface area contributed by atoms with Crippen LogP contribution in [0.4, 0.5) is 0 Å². The second-order valence-electron chi connectivity index (χ2n) is 16.6. The molecule has 0 radical (unpaired) electrons. The molecule has 60 heavy (non-hydrogen) atoms. The van der Waals surface area contributed by atoms with Crippen molar-refractivity contribution in [1.82, 2.24) is 4.90 Å². The van der Waals surface area contributed by atoms with Crippen molar-refractivity contribution in [3.8, 4) is 23.0 Å². The van der Waals surface area contributed by atoms with Gasteiger partial charge in [-0.15, -0.1) is 6.58 Å². The maximum absolute atomic E-state index is 14.9. The third-order valence-corrected chi connectivity index (χ3v) is 12.6. The molecule has 3 aromatic carbocycles. The van der Waals surface area contributed by atoms with E-state index in [0.29, 0.717) is 55.4 Å². The highest BCUT2D eigenvalue weighted by Gasteiger charge is 2.66. The number of nitrogens with zero attached hydrogens (tertiary/aromatic N) is 2. The van der Waals surface area contributed by atoms with Crippen LogP contribution >= 0.6 is 0 Å². The summed E-state index contributed by atoms with van der Waals surface area (Å²) >= 11 is 0. The summed E-state index contributed by atoms with van der Waals surface area (Å²) in [7, 11) is 0. The highest BCUT2D eigenvalue weighted by Crippen LogP contribution is 2.62. The van der Waals surface area contributed by atoms with Gasteiger partial charge >= 0.3 is 0 Å². The van der Waals surface area contributed by atoms with Crippen LogP contribution in [0, 0.1) is 23.7 Å². The molecule has 5 aliphatic rings. The second kappa shape index (κ2) is 19.1. The van der Waals surface area contributed by atoms with Gasteiger partial charge in [0.25, 0.3) is 0 Å². The van der Waals surface area contributed by atoms with E-state index in [4.69, 9.17) is 33.7 Å². The minimum atomic E-state index is -1.36. The van der Waals surface area contributed by atoms with Crippen molar-refractivity contribution < 1.29 is 43.5 Å². The Kier molecular flexibility index (Phi) is 13.2. The third kappa shape index (κ3) is 8.71. The van der Waals surface area contributed by atoms with E-state index >= 15 is 0 Å². The number of carbonyl (C=O) groups is 1. The Hall–Kier alpha value is -5.10. The molecule has 1 amide bonds. The van der Waals surface area contributed by atoms with Gasteiger partial charge in [0.15, 0.2) is 11.5 Å². The summed E-state index contributed by atoms with van der Waals surface area (Å²) in [5, 5.41) is 24.9. The summed E-state index contributed by atoms with van der Waals surface area (Å²) in [6.45, 7) is 9.43. The molecule has 0 spiro atoms. The fourth-order valence-corrected chi connectivity index (χ4v) is 9.79. The molecule has 0 aromatic heterocycles. The lowest BCUT2D eigenvalue weighted by atomic mass is 9.55. The number of benzene rings is 3. The zero-order chi connectivity index (χ0) is 41.5. The van der Waals surface area contributed by atoms with Crippen molar-refractivity contribution in [2.75, 3.05) is 33.2 Å². The Bertz CT molecular complexity index is 2050. The van der Waals surface area contributed by atoms with E-state index in [-0.39, 0.29) is 62.8 Å². The zero-order valence-corrected chi connectivity index (χ0v) is 34.4. The number of aliphatic hydroxyl groups excluding tert-OH is 2. The standard InChI is InChI=1S/C49H58N2O9/c1-3-24-55-37-19-21-42-40(28-37)46-38(15-9-11-23-53)36(14-8-10-22-52)27-39-41(50-59-31-33-12-6-5-7-13-33)29-45(49(60-42,47(39)46)58-25-4-2)51(48(54)35-17-18-35)30-34-16-20-43-44(26-34)57-32-56-43/h3-7,12-13,16,19-21,26-28,35-36,38,45-47,52-53H,1-2,8-11,14-15,17-18,22-25,29-32H2. The number of fused-ring (bicyclic) bond motifs is 3. The van der Waals surface area contributed by atoms with Crippen LogP contribution in [0.1, 0.15) is 80.4 Å². The maximum Gasteiger partial charge on any atom is 0.239 e. The van der Waals surface area contributed by atoms with Crippen LogP contribution in [0.3, 0.4) is 0 Å². The second-order valence-corrected chi connectivity index (χ2v) is 16.6. The van der Waals surface area contributed by atoms with E-state index in [1.165, 1.54) is 0 Å². The van der Waals surface area contributed by atoms with Gasteiger partial charge in [-0.25, -0.2) is 0 Å². The highest BCUT2D eigenvalue weighted by molar-refractivity contribution is 6.03. The first-order valence-corrected chi connectivity index (χ1v) is 21.6. The Balaban J connectivity index is 1.32. The topological polar surface area (TPSA) is 129 Å². The summed E-state index contributed by atoms with van der Waals surface area (Å²) in [5.74, 6) is 0.937. The lowest BCUT2D eigenvalue weighted by Gasteiger charge is -2.60. The molecule has 6 unspecified atom stereocenters. The number of amides is 1. The molecule has 6 atom stereocenters. The summed E-state index contributed by atoms with van der Waals surface area (Å²) in [6, 6.07) is 21.2. The first-order valence-electron chi connectivity index (χ1n) is 21.6. The number of hydrogen-bond donors (Lipinski definition) is 2. The highest BCUT2D eigenvalue weighted by atomic mass is 16.7. The molecule has 11 nitrogen and oxygen atoms in total. The first kappa shape index (κ1) is 41.6. The maximum atomic E-state index is 14.9. The van der Waals surface area contributed by atoms with Gasteiger partial charge in [0.2, 0.25) is 18.5 Å². The Morgan fingerprint density at radius 2 is 1.65 bits per heavy atom. The van der Waals surface area contributed by atoms with E-state index < -0.39 is 17.7 Å². The van der Waals surface area contributed by atoms with Crippen molar-refractivity contribution in [1.29, 1.82) is 0 Å². The number of aliphatic hydroxyl groups is 2.